The smallest absolute Gasteiger partial charge is 0.267 e. The number of fused-ring (bicyclic) bond motifs is 1. The van der Waals surface area contributed by atoms with E-state index in [2.05, 4.69) is 15.4 Å². The molecule has 1 amide bonds. The van der Waals surface area contributed by atoms with Crippen LogP contribution in [-0.4, -0.2) is 20.6 Å². The first-order chi connectivity index (χ1) is 13.4. The van der Waals surface area contributed by atoms with Crippen molar-refractivity contribution in [3.05, 3.63) is 84.3 Å². The zero-order valence-corrected chi connectivity index (χ0v) is 14.3. The normalized spacial score (nSPS) is 11.5. The molecule has 0 saturated carbocycles. The van der Waals surface area contributed by atoms with E-state index >= 15 is 0 Å². The maximum atomic E-state index is 13.5. The molecule has 140 valence electrons. The standard InChI is InChI=1S/C20H13F3N4O/c21-20(22,23)16-8-2-1-7-15(16)17-11-13-5-4-10-25-18(13)27(17)26-19(28)14-6-3-9-24-12-14/h1-12H,(H,26,28). The van der Waals surface area contributed by atoms with Crippen molar-refractivity contribution < 1.29 is 18.0 Å². The molecular formula is C20H13F3N4O. The van der Waals surface area contributed by atoms with Gasteiger partial charge >= 0.3 is 6.18 Å². The van der Waals surface area contributed by atoms with Gasteiger partial charge < -0.3 is 0 Å². The summed E-state index contributed by atoms with van der Waals surface area (Å²) >= 11 is 0. The fourth-order valence-corrected chi connectivity index (χ4v) is 2.96. The van der Waals surface area contributed by atoms with Gasteiger partial charge in [0.05, 0.1) is 16.8 Å². The molecule has 1 N–H and O–H groups in total. The van der Waals surface area contributed by atoms with Gasteiger partial charge in [0.2, 0.25) is 0 Å². The summed E-state index contributed by atoms with van der Waals surface area (Å²) in [5.74, 6) is -0.512. The van der Waals surface area contributed by atoms with E-state index in [1.54, 1.807) is 30.3 Å². The summed E-state index contributed by atoms with van der Waals surface area (Å²) in [5, 5.41) is 0.598. The molecule has 0 bridgehead atoms. The predicted molar refractivity (Wildman–Crippen MR) is 98.1 cm³/mol. The summed E-state index contributed by atoms with van der Waals surface area (Å²) in [6, 6.07) is 13.3. The quantitative estimate of drug-likeness (QED) is 0.568. The predicted octanol–water partition coefficient (Wildman–Crippen LogP) is 4.50. The summed E-state index contributed by atoms with van der Waals surface area (Å²) in [6.07, 6.45) is -0.140. The van der Waals surface area contributed by atoms with Gasteiger partial charge in [0.25, 0.3) is 5.91 Å². The summed E-state index contributed by atoms with van der Waals surface area (Å²) in [4.78, 5) is 20.7. The molecule has 3 heterocycles. The first-order valence-electron chi connectivity index (χ1n) is 8.29. The first-order valence-corrected chi connectivity index (χ1v) is 8.29. The monoisotopic (exact) mass is 382 g/mol. The number of aromatic nitrogens is 3. The maximum absolute atomic E-state index is 13.5. The fraction of sp³-hybridized carbons (Fsp3) is 0.0500. The highest BCUT2D eigenvalue weighted by atomic mass is 19.4. The summed E-state index contributed by atoms with van der Waals surface area (Å²) < 4.78 is 41.9. The SMILES string of the molecule is O=C(Nn1c(-c2ccccc2C(F)(F)F)cc2cccnc21)c1cccnc1. The average molecular weight is 382 g/mol. The van der Waals surface area contributed by atoms with Gasteiger partial charge in [0, 0.05) is 29.5 Å². The highest BCUT2D eigenvalue weighted by molar-refractivity contribution is 6.01. The molecule has 4 rings (SSSR count). The van der Waals surface area contributed by atoms with Gasteiger partial charge in [-0.1, -0.05) is 18.2 Å². The first kappa shape index (κ1) is 17.7. The lowest BCUT2D eigenvalue weighted by Gasteiger charge is -2.16. The Balaban J connectivity index is 1.89. The fourth-order valence-electron chi connectivity index (χ4n) is 2.96. The molecule has 3 aromatic heterocycles. The Hall–Kier alpha value is -3.68. The lowest BCUT2D eigenvalue weighted by atomic mass is 10.0. The number of carbonyl (C=O) groups excluding carboxylic acids is 1. The Bertz CT molecular complexity index is 1150. The minimum absolute atomic E-state index is 0.0560. The lowest BCUT2D eigenvalue weighted by Crippen LogP contribution is -2.24. The van der Waals surface area contributed by atoms with E-state index in [1.165, 1.54) is 41.5 Å². The van der Waals surface area contributed by atoms with E-state index in [4.69, 9.17) is 0 Å². The van der Waals surface area contributed by atoms with Gasteiger partial charge in [-0.2, -0.15) is 13.2 Å². The molecular weight excluding hydrogens is 369 g/mol. The third-order valence-electron chi connectivity index (χ3n) is 4.21. The Morgan fingerprint density at radius 2 is 1.79 bits per heavy atom. The zero-order valence-electron chi connectivity index (χ0n) is 14.3. The summed E-state index contributed by atoms with van der Waals surface area (Å²) in [5.41, 5.74) is 2.57. The third-order valence-corrected chi connectivity index (χ3v) is 4.21. The van der Waals surface area contributed by atoms with Gasteiger partial charge in [0.15, 0.2) is 5.65 Å². The topological polar surface area (TPSA) is 59.8 Å². The van der Waals surface area contributed by atoms with Gasteiger partial charge in [-0.25, -0.2) is 9.66 Å². The highest BCUT2D eigenvalue weighted by Gasteiger charge is 2.34. The van der Waals surface area contributed by atoms with Crippen LogP contribution in [0, 0.1) is 0 Å². The Kier molecular flexibility index (Phi) is 4.31. The molecule has 5 nitrogen and oxygen atoms in total. The molecule has 0 aliphatic heterocycles. The van der Waals surface area contributed by atoms with Crippen LogP contribution in [-0.2, 0) is 6.18 Å². The van der Waals surface area contributed by atoms with Crippen LogP contribution in [0.15, 0.2) is 73.2 Å². The van der Waals surface area contributed by atoms with Crippen LogP contribution in [0.2, 0.25) is 0 Å². The molecule has 0 aliphatic carbocycles. The molecule has 0 radical (unpaired) electrons. The largest absolute Gasteiger partial charge is 0.417 e. The number of hydrogen-bond acceptors (Lipinski definition) is 3. The van der Waals surface area contributed by atoms with Crippen LogP contribution in [0.25, 0.3) is 22.3 Å². The van der Waals surface area contributed by atoms with Crippen molar-refractivity contribution in [3.63, 3.8) is 0 Å². The van der Waals surface area contributed by atoms with E-state index in [1.807, 2.05) is 0 Å². The lowest BCUT2D eigenvalue weighted by molar-refractivity contribution is -0.137. The highest BCUT2D eigenvalue weighted by Crippen LogP contribution is 2.38. The Morgan fingerprint density at radius 1 is 1.00 bits per heavy atom. The number of pyridine rings is 2. The number of nitrogens with zero attached hydrogens (tertiary/aromatic N) is 3. The second kappa shape index (κ2) is 6.80. The van der Waals surface area contributed by atoms with E-state index < -0.39 is 17.6 Å². The van der Waals surface area contributed by atoms with Crippen LogP contribution < -0.4 is 5.43 Å². The van der Waals surface area contributed by atoms with Crippen molar-refractivity contribution >= 4 is 16.9 Å². The molecule has 0 aliphatic rings. The van der Waals surface area contributed by atoms with Crippen molar-refractivity contribution in [2.24, 2.45) is 0 Å². The molecule has 4 aromatic rings. The van der Waals surface area contributed by atoms with Crippen LogP contribution in [0.4, 0.5) is 13.2 Å². The Morgan fingerprint density at radius 3 is 2.54 bits per heavy atom. The number of benzene rings is 1. The Labute approximate surface area is 157 Å². The maximum Gasteiger partial charge on any atom is 0.417 e. The molecule has 0 atom stereocenters. The number of hydrogen-bond donors (Lipinski definition) is 1. The van der Waals surface area contributed by atoms with Gasteiger partial charge in [0.1, 0.15) is 0 Å². The van der Waals surface area contributed by atoms with E-state index in [0.717, 1.165) is 6.07 Å². The van der Waals surface area contributed by atoms with Crippen molar-refractivity contribution in [1.82, 2.24) is 14.6 Å². The van der Waals surface area contributed by atoms with Crippen molar-refractivity contribution in [3.8, 4) is 11.3 Å². The molecule has 0 spiro atoms. The minimum Gasteiger partial charge on any atom is -0.267 e. The minimum atomic E-state index is -4.54. The second-order valence-corrected chi connectivity index (χ2v) is 6.01. The molecule has 28 heavy (non-hydrogen) atoms. The van der Waals surface area contributed by atoms with Crippen molar-refractivity contribution in [2.75, 3.05) is 5.43 Å². The van der Waals surface area contributed by atoms with Crippen LogP contribution in [0.3, 0.4) is 0 Å². The third kappa shape index (κ3) is 3.20. The number of rotatable bonds is 3. The summed E-state index contributed by atoms with van der Waals surface area (Å²) in [6.45, 7) is 0. The zero-order chi connectivity index (χ0) is 19.7. The second-order valence-electron chi connectivity index (χ2n) is 6.01. The summed E-state index contributed by atoms with van der Waals surface area (Å²) in [7, 11) is 0. The van der Waals surface area contributed by atoms with Crippen LogP contribution in [0.5, 0.6) is 0 Å². The van der Waals surface area contributed by atoms with Crippen LogP contribution >= 0.6 is 0 Å². The van der Waals surface area contributed by atoms with E-state index in [0.29, 0.717) is 11.0 Å². The number of amides is 1. The van der Waals surface area contributed by atoms with Crippen LogP contribution in [0.1, 0.15) is 15.9 Å². The number of carbonyl (C=O) groups is 1. The number of halogens is 3. The molecule has 1 aromatic carbocycles. The van der Waals surface area contributed by atoms with Gasteiger partial charge in [-0.05, 0) is 36.4 Å². The van der Waals surface area contributed by atoms with Gasteiger partial charge in [-0.15, -0.1) is 0 Å². The van der Waals surface area contributed by atoms with E-state index in [-0.39, 0.29) is 16.8 Å². The van der Waals surface area contributed by atoms with Crippen molar-refractivity contribution in [1.29, 1.82) is 0 Å². The van der Waals surface area contributed by atoms with Gasteiger partial charge in [-0.3, -0.25) is 15.2 Å². The van der Waals surface area contributed by atoms with Crippen molar-refractivity contribution in [2.45, 2.75) is 6.18 Å². The van der Waals surface area contributed by atoms with E-state index in [9.17, 15) is 18.0 Å². The number of nitrogens with one attached hydrogen (secondary N) is 1. The molecule has 8 heteroatoms. The molecule has 0 unspecified atom stereocenters. The number of alkyl halides is 3. The average Bonchev–Trinajstić information content (AvgIpc) is 3.06. The molecule has 0 saturated heterocycles. The molecule has 0 fully saturated rings.